The van der Waals surface area contributed by atoms with E-state index in [1.54, 1.807) is 0 Å². The first kappa shape index (κ1) is 10.7. The molecule has 1 saturated carbocycles. The van der Waals surface area contributed by atoms with Gasteiger partial charge in [0.1, 0.15) is 6.10 Å². The van der Waals surface area contributed by atoms with Gasteiger partial charge in [0.2, 0.25) is 5.88 Å². The third kappa shape index (κ3) is 2.23. The van der Waals surface area contributed by atoms with E-state index < -0.39 is 0 Å². The molecule has 15 heavy (non-hydrogen) atoms. The molecule has 0 spiro atoms. The number of rotatable bonds is 2. The van der Waals surface area contributed by atoms with E-state index in [9.17, 15) is 0 Å². The zero-order valence-corrected chi connectivity index (χ0v) is 9.84. The second-order valence-corrected chi connectivity index (χ2v) is 4.43. The third-order valence-corrected chi connectivity index (χ3v) is 3.36. The van der Waals surface area contributed by atoms with Crippen molar-refractivity contribution >= 4 is 11.6 Å². The molecule has 1 heterocycles. The predicted molar refractivity (Wildman–Crippen MR) is 59.4 cm³/mol. The second-order valence-electron chi connectivity index (χ2n) is 4.07. The van der Waals surface area contributed by atoms with Crippen molar-refractivity contribution in [3.8, 4) is 5.88 Å². The average molecular weight is 227 g/mol. The maximum Gasteiger partial charge on any atom is 0.237 e. The summed E-state index contributed by atoms with van der Waals surface area (Å²) in [5.74, 6) is 0.642. The van der Waals surface area contributed by atoms with Crippen molar-refractivity contribution < 1.29 is 4.74 Å². The molecule has 0 atom stereocenters. The lowest BCUT2D eigenvalue weighted by Gasteiger charge is -2.14. The summed E-state index contributed by atoms with van der Waals surface area (Å²) in [5.41, 5.74) is 1.96. The fourth-order valence-corrected chi connectivity index (χ4v) is 2.01. The summed E-state index contributed by atoms with van der Waals surface area (Å²) in [6, 6.07) is 0. The molecule has 3 nitrogen and oxygen atoms in total. The summed E-state index contributed by atoms with van der Waals surface area (Å²) in [7, 11) is 0. The SMILES string of the molecule is Cc1c(Cl)nnc(OC2CCCC2)c1C. The maximum atomic E-state index is 5.87. The summed E-state index contributed by atoms with van der Waals surface area (Å²) >= 11 is 5.87. The van der Waals surface area contributed by atoms with Crippen molar-refractivity contribution in [2.75, 3.05) is 0 Å². The minimum Gasteiger partial charge on any atom is -0.473 e. The molecule has 1 fully saturated rings. The van der Waals surface area contributed by atoms with Gasteiger partial charge in [0.25, 0.3) is 0 Å². The van der Waals surface area contributed by atoms with Crippen LogP contribution in [0.4, 0.5) is 0 Å². The van der Waals surface area contributed by atoms with Gasteiger partial charge in [-0.3, -0.25) is 0 Å². The molecule has 1 aromatic rings. The lowest BCUT2D eigenvalue weighted by molar-refractivity contribution is 0.197. The topological polar surface area (TPSA) is 35.0 Å². The fraction of sp³-hybridized carbons (Fsp3) is 0.636. The highest BCUT2D eigenvalue weighted by atomic mass is 35.5. The first-order valence-electron chi connectivity index (χ1n) is 5.34. The molecule has 0 unspecified atom stereocenters. The number of halogens is 1. The third-order valence-electron chi connectivity index (χ3n) is 3.00. The molecule has 0 saturated heterocycles. The van der Waals surface area contributed by atoms with Crippen molar-refractivity contribution in [3.63, 3.8) is 0 Å². The van der Waals surface area contributed by atoms with E-state index in [0.29, 0.717) is 17.1 Å². The Bertz CT molecular complexity index is 362. The molecular weight excluding hydrogens is 212 g/mol. The minimum absolute atomic E-state index is 0.318. The molecule has 0 radical (unpaired) electrons. The normalized spacial score (nSPS) is 17.0. The van der Waals surface area contributed by atoms with Crippen LogP contribution in [-0.2, 0) is 0 Å². The molecule has 4 heteroatoms. The molecule has 0 aromatic carbocycles. The van der Waals surface area contributed by atoms with Crippen LogP contribution >= 0.6 is 11.6 Å². The van der Waals surface area contributed by atoms with E-state index in [1.807, 2.05) is 13.8 Å². The summed E-state index contributed by atoms with van der Waals surface area (Å²) in [4.78, 5) is 0. The first-order chi connectivity index (χ1) is 7.18. The number of hydrogen-bond donors (Lipinski definition) is 0. The van der Waals surface area contributed by atoms with E-state index >= 15 is 0 Å². The highest BCUT2D eigenvalue weighted by molar-refractivity contribution is 6.30. The molecule has 0 amide bonds. The van der Waals surface area contributed by atoms with Gasteiger partial charge in [0.15, 0.2) is 5.15 Å². The fourth-order valence-electron chi connectivity index (χ4n) is 1.83. The summed E-state index contributed by atoms with van der Waals surface area (Å²) in [6.45, 7) is 3.91. The van der Waals surface area contributed by atoms with Gasteiger partial charge < -0.3 is 4.74 Å². The molecule has 1 aromatic heterocycles. The Morgan fingerprint density at radius 1 is 1.13 bits per heavy atom. The molecule has 0 bridgehead atoms. The van der Waals surface area contributed by atoms with Gasteiger partial charge in [-0.05, 0) is 45.1 Å². The van der Waals surface area contributed by atoms with Crippen LogP contribution in [-0.4, -0.2) is 16.3 Å². The van der Waals surface area contributed by atoms with Gasteiger partial charge >= 0.3 is 0 Å². The van der Waals surface area contributed by atoms with E-state index in [0.717, 1.165) is 24.0 Å². The van der Waals surface area contributed by atoms with Crippen molar-refractivity contribution in [1.82, 2.24) is 10.2 Å². The average Bonchev–Trinajstić information content (AvgIpc) is 2.72. The van der Waals surface area contributed by atoms with Crippen LogP contribution in [0, 0.1) is 13.8 Å². The van der Waals surface area contributed by atoms with Gasteiger partial charge in [-0.25, -0.2) is 0 Å². The molecule has 1 aliphatic carbocycles. The van der Waals surface area contributed by atoms with Gasteiger partial charge in [-0.1, -0.05) is 11.6 Å². The highest BCUT2D eigenvalue weighted by Crippen LogP contribution is 2.27. The molecule has 2 rings (SSSR count). The van der Waals surface area contributed by atoms with Crippen LogP contribution in [0.2, 0.25) is 5.15 Å². The maximum absolute atomic E-state index is 5.87. The van der Waals surface area contributed by atoms with Crippen LogP contribution in [0.25, 0.3) is 0 Å². The number of nitrogens with zero attached hydrogens (tertiary/aromatic N) is 2. The number of aromatic nitrogens is 2. The van der Waals surface area contributed by atoms with Crippen molar-refractivity contribution in [2.24, 2.45) is 0 Å². The standard InChI is InChI=1S/C11H15ClN2O/c1-7-8(2)11(14-13-10(7)12)15-9-5-3-4-6-9/h9H,3-6H2,1-2H3. The van der Waals surface area contributed by atoms with E-state index in [2.05, 4.69) is 10.2 Å². The van der Waals surface area contributed by atoms with Gasteiger partial charge in [-0.2, -0.15) is 0 Å². The molecular formula is C11H15ClN2O. The predicted octanol–water partition coefficient (Wildman–Crippen LogP) is 3.07. The monoisotopic (exact) mass is 226 g/mol. The Labute approximate surface area is 94.8 Å². The Hall–Kier alpha value is -0.830. The zero-order chi connectivity index (χ0) is 10.8. The summed E-state index contributed by atoms with van der Waals surface area (Å²) in [5, 5.41) is 8.33. The Morgan fingerprint density at radius 2 is 1.80 bits per heavy atom. The van der Waals surface area contributed by atoms with Crippen LogP contribution in [0.1, 0.15) is 36.8 Å². The van der Waals surface area contributed by atoms with Crippen LogP contribution in [0.5, 0.6) is 5.88 Å². The smallest absolute Gasteiger partial charge is 0.237 e. The molecule has 1 aliphatic rings. The zero-order valence-electron chi connectivity index (χ0n) is 9.09. The highest BCUT2D eigenvalue weighted by Gasteiger charge is 2.19. The van der Waals surface area contributed by atoms with E-state index in [4.69, 9.17) is 16.3 Å². The second kappa shape index (κ2) is 4.35. The largest absolute Gasteiger partial charge is 0.473 e. The number of hydrogen-bond acceptors (Lipinski definition) is 3. The molecule has 82 valence electrons. The quantitative estimate of drug-likeness (QED) is 0.778. The van der Waals surface area contributed by atoms with E-state index in [-0.39, 0.29) is 0 Å². The summed E-state index contributed by atoms with van der Waals surface area (Å²) < 4.78 is 5.81. The Kier molecular flexibility index (Phi) is 3.10. The van der Waals surface area contributed by atoms with Crippen LogP contribution in [0.15, 0.2) is 0 Å². The number of ether oxygens (including phenoxy) is 1. The first-order valence-corrected chi connectivity index (χ1v) is 5.72. The minimum atomic E-state index is 0.318. The Balaban J connectivity index is 2.17. The lowest BCUT2D eigenvalue weighted by Crippen LogP contribution is -2.13. The van der Waals surface area contributed by atoms with Crippen molar-refractivity contribution in [3.05, 3.63) is 16.3 Å². The van der Waals surface area contributed by atoms with Gasteiger partial charge in [-0.15, -0.1) is 10.2 Å². The molecule has 0 N–H and O–H groups in total. The van der Waals surface area contributed by atoms with Crippen LogP contribution < -0.4 is 4.74 Å². The summed E-state index contributed by atoms with van der Waals surface area (Å²) in [6.07, 6.45) is 5.08. The molecule has 0 aliphatic heterocycles. The Morgan fingerprint density at radius 3 is 2.47 bits per heavy atom. The lowest BCUT2D eigenvalue weighted by atomic mass is 10.2. The van der Waals surface area contributed by atoms with Gasteiger partial charge in [0.05, 0.1) is 0 Å². The van der Waals surface area contributed by atoms with Crippen LogP contribution in [0.3, 0.4) is 0 Å². The van der Waals surface area contributed by atoms with E-state index in [1.165, 1.54) is 12.8 Å². The van der Waals surface area contributed by atoms with Crippen molar-refractivity contribution in [2.45, 2.75) is 45.6 Å². The van der Waals surface area contributed by atoms with Crippen molar-refractivity contribution in [1.29, 1.82) is 0 Å². The van der Waals surface area contributed by atoms with Gasteiger partial charge in [0, 0.05) is 5.56 Å².